The van der Waals surface area contributed by atoms with Crippen molar-refractivity contribution < 1.29 is 0 Å². The SMILES string of the molecule is CCCCNc1nc(N)nc2ccn(CCCc3ccccc3)c12. The van der Waals surface area contributed by atoms with E-state index in [-0.39, 0.29) is 0 Å². The lowest BCUT2D eigenvalue weighted by atomic mass is 10.1. The predicted octanol–water partition coefficient (Wildman–Crippen LogP) is 3.86. The van der Waals surface area contributed by atoms with Crippen molar-refractivity contribution in [2.24, 2.45) is 0 Å². The summed E-state index contributed by atoms with van der Waals surface area (Å²) in [6.45, 7) is 4.02. The van der Waals surface area contributed by atoms with E-state index in [0.717, 1.165) is 55.6 Å². The van der Waals surface area contributed by atoms with Crippen molar-refractivity contribution in [2.45, 2.75) is 39.2 Å². The van der Waals surface area contributed by atoms with Crippen LogP contribution in [0.25, 0.3) is 11.0 Å². The Morgan fingerprint density at radius 2 is 1.92 bits per heavy atom. The van der Waals surface area contributed by atoms with Crippen LogP contribution in [0.15, 0.2) is 42.6 Å². The quantitative estimate of drug-likeness (QED) is 0.618. The molecule has 2 aromatic heterocycles. The minimum Gasteiger partial charge on any atom is -0.368 e. The summed E-state index contributed by atoms with van der Waals surface area (Å²) in [5.74, 6) is 1.17. The number of nitrogens with zero attached hydrogens (tertiary/aromatic N) is 3. The zero-order chi connectivity index (χ0) is 16.8. The fourth-order valence-electron chi connectivity index (χ4n) is 2.92. The highest BCUT2D eigenvalue weighted by atomic mass is 15.1. The van der Waals surface area contributed by atoms with Crippen LogP contribution in [-0.4, -0.2) is 21.1 Å². The summed E-state index contributed by atoms with van der Waals surface area (Å²) >= 11 is 0. The normalized spacial score (nSPS) is 11.0. The van der Waals surface area contributed by atoms with Gasteiger partial charge in [0.05, 0.1) is 5.52 Å². The van der Waals surface area contributed by atoms with E-state index in [0.29, 0.717) is 5.95 Å². The minimum atomic E-state index is 0.323. The second-order valence-electron chi connectivity index (χ2n) is 6.04. The molecular weight excluding hydrogens is 298 g/mol. The highest BCUT2D eigenvalue weighted by Crippen LogP contribution is 2.23. The van der Waals surface area contributed by atoms with Crippen molar-refractivity contribution in [3.8, 4) is 0 Å². The number of aromatic nitrogens is 3. The van der Waals surface area contributed by atoms with E-state index in [9.17, 15) is 0 Å². The van der Waals surface area contributed by atoms with Crippen molar-refractivity contribution >= 4 is 22.8 Å². The first-order valence-corrected chi connectivity index (χ1v) is 8.68. The summed E-state index contributed by atoms with van der Waals surface area (Å²) in [4.78, 5) is 8.76. The lowest BCUT2D eigenvalue weighted by Gasteiger charge is -2.11. The molecule has 5 heteroatoms. The molecule has 0 amide bonds. The second-order valence-corrected chi connectivity index (χ2v) is 6.04. The summed E-state index contributed by atoms with van der Waals surface area (Å²) in [5.41, 5.74) is 9.17. The Kier molecular flexibility index (Phi) is 5.31. The molecule has 0 bridgehead atoms. The van der Waals surface area contributed by atoms with Crippen LogP contribution in [0.2, 0.25) is 0 Å². The molecule has 0 radical (unpaired) electrons. The average molecular weight is 323 g/mol. The smallest absolute Gasteiger partial charge is 0.222 e. The molecule has 0 saturated carbocycles. The molecule has 0 spiro atoms. The van der Waals surface area contributed by atoms with Crippen molar-refractivity contribution in [1.29, 1.82) is 0 Å². The Morgan fingerprint density at radius 1 is 1.08 bits per heavy atom. The molecule has 3 rings (SSSR count). The maximum Gasteiger partial charge on any atom is 0.222 e. The van der Waals surface area contributed by atoms with Gasteiger partial charge in [-0.15, -0.1) is 0 Å². The number of unbranched alkanes of at least 4 members (excludes halogenated alkanes) is 1. The molecule has 0 fully saturated rings. The number of nitrogen functional groups attached to an aromatic ring is 1. The van der Waals surface area contributed by atoms with Crippen LogP contribution in [-0.2, 0) is 13.0 Å². The van der Waals surface area contributed by atoms with Gasteiger partial charge in [-0.3, -0.25) is 0 Å². The van der Waals surface area contributed by atoms with Crippen molar-refractivity contribution in [1.82, 2.24) is 14.5 Å². The van der Waals surface area contributed by atoms with E-state index in [1.807, 2.05) is 6.07 Å². The second kappa shape index (κ2) is 7.81. The molecule has 3 aromatic rings. The summed E-state index contributed by atoms with van der Waals surface area (Å²) in [7, 11) is 0. The molecular formula is C19H25N5. The highest BCUT2D eigenvalue weighted by molar-refractivity contribution is 5.87. The standard InChI is InChI=1S/C19H25N5/c1-2-3-12-21-18-17-16(22-19(20)23-18)11-14-24(17)13-7-10-15-8-5-4-6-9-15/h4-6,8-9,11,14H,2-3,7,10,12-13H2,1H3,(H3,20,21,22,23). The molecule has 1 aromatic carbocycles. The number of nitrogens with two attached hydrogens (primary N) is 1. The largest absolute Gasteiger partial charge is 0.368 e. The van der Waals surface area contributed by atoms with Crippen LogP contribution < -0.4 is 11.1 Å². The fraction of sp³-hybridized carbons (Fsp3) is 0.368. The zero-order valence-electron chi connectivity index (χ0n) is 14.2. The number of aryl methyl sites for hydroxylation is 2. The van der Waals surface area contributed by atoms with Gasteiger partial charge in [0.1, 0.15) is 5.52 Å². The third-order valence-corrected chi connectivity index (χ3v) is 4.16. The lowest BCUT2D eigenvalue weighted by molar-refractivity contribution is 0.661. The van der Waals surface area contributed by atoms with Gasteiger partial charge in [0.2, 0.25) is 5.95 Å². The Morgan fingerprint density at radius 3 is 2.71 bits per heavy atom. The van der Waals surface area contributed by atoms with E-state index in [2.05, 4.69) is 63.3 Å². The summed E-state index contributed by atoms with van der Waals surface area (Å²) in [6.07, 6.45) is 6.48. The maximum atomic E-state index is 5.84. The number of nitrogens with one attached hydrogen (secondary N) is 1. The molecule has 0 aliphatic heterocycles. The Bertz CT molecular complexity index is 779. The number of hydrogen-bond acceptors (Lipinski definition) is 4. The first kappa shape index (κ1) is 16.3. The monoisotopic (exact) mass is 323 g/mol. The van der Waals surface area contributed by atoms with Gasteiger partial charge in [-0.1, -0.05) is 43.7 Å². The molecule has 126 valence electrons. The number of benzene rings is 1. The van der Waals surface area contributed by atoms with Gasteiger partial charge in [0.25, 0.3) is 0 Å². The Balaban J connectivity index is 1.75. The van der Waals surface area contributed by atoms with E-state index >= 15 is 0 Å². The minimum absolute atomic E-state index is 0.323. The number of rotatable bonds is 8. The number of anilines is 2. The van der Waals surface area contributed by atoms with Crippen molar-refractivity contribution in [3.63, 3.8) is 0 Å². The van der Waals surface area contributed by atoms with Crippen LogP contribution in [0.5, 0.6) is 0 Å². The molecule has 5 nitrogen and oxygen atoms in total. The van der Waals surface area contributed by atoms with Gasteiger partial charge in [-0.05, 0) is 30.9 Å². The summed E-state index contributed by atoms with van der Waals surface area (Å²) < 4.78 is 2.23. The summed E-state index contributed by atoms with van der Waals surface area (Å²) in [6, 6.07) is 12.6. The van der Waals surface area contributed by atoms with Crippen LogP contribution in [0.1, 0.15) is 31.7 Å². The van der Waals surface area contributed by atoms with Crippen molar-refractivity contribution in [3.05, 3.63) is 48.2 Å². The van der Waals surface area contributed by atoms with Gasteiger partial charge >= 0.3 is 0 Å². The first-order valence-electron chi connectivity index (χ1n) is 8.68. The van der Waals surface area contributed by atoms with Crippen molar-refractivity contribution in [2.75, 3.05) is 17.6 Å². The molecule has 24 heavy (non-hydrogen) atoms. The zero-order valence-corrected chi connectivity index (χ0v) is 14.2. The third kappa shape index (κ3) is 3.85. The molecule has 2 heterocycles. The van der Waals surface area contributed by atoms with E-state index in [4.69, 9.17) is 5.73 Å². The first-order chi connectivity index (χ1) is 11.8. The van der Waals surface area contributed by atoms with Gasteiger partial charge < -0.3 is 15.6 Å². The van der Waals surface area contributed by atoms with Crippen LogP contribution in [0.4, 0.5) is 11.8 Å². The van der Waals surface area contributed by atoms with Crippen LogP contribution in [0, 0.1) is 0 Å². The number of hydrogen-bond donors (Lipinski definition) is 2. The molecule has 0 aliphatic rings. The Labute approximate surface area is 142 Å². The fourth-order valence-corrected chi connectivity index (χ4v) is 2.92. The van der Waals surface area contributed by atoms with E-state index in [1.165, 1.54) is 5.56 Å². The highest BCUT2D eigenvalue weighted by Gasteiger charge is 2.11. The molecule has 0 saturated heterocycles. The number of fused-ring (bicyclic) bond motifs is 1. The van der Waals surface area contributed by atoms with Gasteiger partial charge in [-0.2, -0.15) is 4.98 Å². The molecule has 0 aliphatic carbocycles. The van der Waals surface area contributed by atoms with Crippen LogP contribution in [0.3, 0.4) is 0 Å². The van der Waals surface area contributed by atoms with Gasteiger partial charge in [0.15, 0.2) is 5.82 Å². The third-order valence-electron chi connectivity index (χ3n) is 4.16. The predicted molar refractivity (Wildman–Crippen MR) is 100 cm³/mol. The topological polar surface area (TPSA) is 68.8 Å². The molecule has 0 atom stereocenters. The maximum absolute atomic E-state index is 5.84. The molecule has 0 unspecified atom stereocenters. The summed E-state index contributed by atoms with van der Waals surface area (Å²) in [5, 5.41) is 3.41. The lowest BCUT2D eigenvalue weighted by Crippen LogP contribution is -2.09. The van der Waals surface area contributed by atoms with Gasteiger partial charge in [-0.25, -0.2) is 4.98 Å². The van der Waals surface area contributed by atoms with E-state index < -0.39 is 0 Å². The van der Waals surface area contributed by atoms with E-state index in [1.54, 1.807) is 0 Å². The van der Waals surface area contributed by atoms with Crippen LogP contribution >= 0.6 is 0 Å². The molecule has 3 N–H and O–H groups in total. The average Bonchev–Trinajstić information content (AvgIpc) is 2.99. The van der Waals surface area contributed by atoms with Gasteiger partial charge in [0, 0.05) is 19.3 Å². The Hall–Kier alpha value is -2.56.